The number of hydrogen-bond acceptors (Lipinski definition) is 3. The smallest absolute Gasteiger partial charge is 0.318 e. The quantitative estimate of drug-likeness (QED) is 0.847. The van der Waals surface area contributed by atoms with E-state index in [1.54, 1.807) is 28.3 Å². The summed E-state index contributed by atoms with van der Waals surface area (Å²) in [6, 6.07) is 2.95. The Morgan fingerprint density at radius 3 is 2.96 bits per heavy atom. The van der Waals surface area contributed by atoms with Crippen molar-refractivity contribution in [3.8, 4) is 0 Å². The van der Waals surface area contributed by atoms with Crippen molar-refractivity contribution in [2.24, 2.45) is 0 Å². The molecule has 1 aromatic heterocycles. The summed E-state index contributed by atoms with van der Waals surface area (Å²) < 4.78 is 0. The van der Waals surface area contributed by atoms with Crippen LogP contribution in [0.4, 0.5) is 10.5 Å². The second kappa shape index (κ2) is 7.76. The van der Waals surface area contributed by atoms with Gasteiger partial charge in [0.1, 0.15) is 6.04 Å². The number of hydrogen-bond donors (Lipinski definition) is 1. The Hall–Kier alpha value is -2.37. The molecule has 1 aromatic rings. The van der Waals surface area contributed by atoms with Crippen LogP contribution in [0.25, 0.3) is 0 Å². The molecule has 6 nitrogen and oxygen atoms in total. The molecule has 0 bridgehead atoms. The van der Waals surface area contributed by atoms with Gasteiger partial charge in [0.15, 0.2) is 0 Å². The molecule has 1 aliphatic rings. The van der Waals surface area contributed by atoms with E-state index < -0.39 is 6.04 Å². The van der Waals surface area contributed by atoms with Gasteiger partial charge in [-0.3, -0.25) is 9.78 Å². The Balaban J connectivity index is 2.03. The lowest BCUT2D eigenvalue weighted by atomic mass is 10.0. The van der Waals surface area contributed by atoms with Crippen LogP contribution in [0.1, 0.15) is 26.7 Å². The zero-order valence-electron chi connectivity index (χ0n) is 13.8. The van der Waals surface area contributed by atoms with Crippen LogP contribution in [-0.4, -0.2) is 47.5 Å². The number of piperidine rings is 1. The molecule has 0 saturated carbocycles. The monoisotopic (exact) mass is 316 g/mol. The van der Waals surface area contributed by atoms with Gasteiger partial charge in [0, 0.05) is 25.8 Å². The predicted molar refractivity (Wildman–Crippen MR) is 90.2 cm³/mol. The third-order valence-electron chi connectivity index (χ3n) is 3.82. The maximum atomic E-state index is 12.6. The normalized spacial score (nSPS) is 17.7. The molecular weight excluding hydrogens is 292 g/mol. The topological polar surface area (TPSA) is 65.5 Å². The van der Waals surface area contributed by atoms with Crippen molar-refractivity contribution in [1.29, 1.82) is 0 Å². The van der Waals surface area contributed by atoms with Crippen molar-refractivity contribution in [3.63, 3.8) is 0 Å². The number of nitrogens with one attached hydrogen (secondary N) is 1. The van der Waals surface area contributed by atoms with Crippen LogP contribution < -0.4 is 10.2 Å². The summed E-state index contributed by atoms with van der Waals surface area (Å²) in [5, 5.41) is 2.86. The van der Waals surface area contributed by atoms with Crippen molar-refractivity contribution in [2.75, 3.05) is 24.5 Å². The third kappa shape index (κ3) is 4.31. The van der Waals surface area contributed by atoms with Gasteiger partial charge in [0.2, 0.25) is 5.91 Å². The molecule has 2 heterocycles. The van der Waals surface area contributed by atoms with E-state index >= 15 is 0 Å². The number of likely N-dealkylation sites (N-methyl/N-ethyl adjacent to an activating group) is 1. The van der Waals surface area contributed by atoms with E-state index in [1.807, 2.05) is 19.9 Å². The highest BCUT2D eigenvalue weighted by Crippen LogP contribution is 2.20. The van der Waals surface area contributed by atoms with E-state index in [-0.39, 0.29) is 11.9 Å². The van der Waals surface area contributed by atoms with E-state index in [9.17, 15) is 9.59 Å². The van der Waals surface area contributed by atoms with Gasteiger partial charge in [-0.15, -0.1) is 0 Å². The first-order valence-electron chi connectivity index (χ1n) is 7.94. The van der Waals surface area contributed by atoms with Gasteiger partial charge in [-0.1, -0.05) is 12.2 Å². The van der Waals surface area contributed by atoms with Gasteiger partial charge >= 0.3 is 6.03 Å². The number of rotatable bonds is 5. The molecule has 1 fully saturated rings. The molecule has 0 unspecified atom stereocenters. The van der Waals surface area contributed by atoms with Crippen LogP contribution in [0.15, 0.2) is 36.7 Å². The number of pyridine rings is 1. The number of aromatic nitrogens is 1. The first-order valence-corrected chi connectivity index (χ1v) is 7.94. The largest absolute Gasteiger partial charge is 0.326 e. The van der Waals surface area contributed by atoms with Crippen LogP contribution in [0.5, 0.6) is 0 Å². The fourth-order valence-electron chi connectivity index (χ4n) is 2.67. The maximum Gasteiger partial charge on any atom is 0.318 e. The summed E-state index contributed by atoms with van der Waals surface area (Å²) in [6.07, 6.45) is 4.85. The molecule has 6 heteroatoms. The molecule has 23 heavy (non-hydrogen) atoms. The van der Waals surface area contributed by atoms with E-state index in [4.69, 9.17) is 0 Å². The van der Waals surface area contributed by atoms with Crippen LogP contribution in [-0.2, 0) is 4.79 Å². The van der Waals surface area contributed by atoms with Crippen LogP contribution in [0.2, 0.25) is 0 Å². The molecule has 0 aromatic carbocycles. The molecule has 3 amide bonds. The molecule has 2 rings (SSSR count). The van der Waals surface area contributed by atoms with E-state index in [2.05, 4.69) is 16.9 Å². The molecule has 1 saturated heterocycles. The lowest BCUT2D eigenvalue weighted by Crippen LogP contribution is -2.55. The average molecular weight is 316 g/mol. The van der Waals surface area contributed by atoms with Gasteiger partial charge in [-0.2, -0.15) is 0 Å². The maximum absolute atomic E-state index is 12.6. The Morgan fingerprint density at radius 1 is 1.57 bits per heavy atom. The fraction of sp³-hybridized carbons (Fsp3) is 0.471. The minimum Gasteiger partial charge on any atom is -0.326 e. The molecule has 1 atom stereocenters. The number of carbonyl (C=O) groups is 2. The molecule has 1 aliphatic heterocycles. The number of nitrogens with zero attached hydrogens (tertiary/aromatic N) is 3. The van der Waals surface area contributed by atoms with Gasteiger partial charge in [-0.05, 0) is 38.8 Å². The molecule has 124 valence electrons. The van der Waals surface area contributed by atoms with Crippen molar-refractivity contribution in [1.82, 2.24) is 15.2 Å². The van der Waals surface area contributed by atoms with Crippen LogP contribution >= 0.6 is 0 Å². The summed E-state index contributed by atoms with van der Waals surface area (Å²) >= 11 is 0. The zero-order valence-corrected chi connectivity index (χ0v) is 13.8. The summed E-state index contributed by atoms with van der Waals surface area (Å²) in [4.78, 5) is 32.4. The number of carbonyl (C=O) groups excluding carboxylic acids is 2. The highest BCUT2D eigenvalue weighted by molar-refractivity contribution is 5.99. The van der Waals surface area contributed by atoms with Crippen molar-refractivity contribution in [2.45, 2.75) is 32.7 Å². The van der Waals surface area contributed by atoms with Gasteiger partial charge in [0.25, 0.3) is 0 Å². The summed E-state index contributed by atoms with van der Waals surface area (Å²) in [6.45, 7) is 9.35. The molecular formula is C17H24N4O2. The lowest BCUT2D eigenvalue weighted by molar-refractivity contribution is -0.121. The lowest BCUT2D eigenvalue weighted by Gasteiger charge is -2.33. The Labute approximate surface area is 137 Å². The summed E-state index contributed by atoms with van der Waals surface area (Å²) in [5.41, 5.74) is 1.68. The first kappa shape index (κ1) is 17.0. The average Bonchev–Trinajstić information content (AvgIpc) is 2.55. The highest BCUT2D eigenvalue weighted by Gasteiger charge is 2.31. The molecule has 1 N–H and O–H groups in total. The molecule has 0 spiro atoms. The number of urea groups is 1. The Morgan fingerprint density at radius 2 is 2.35 bits per heavy atom. The third-order valence-corrected chi connectivity index (χ3v) is 3.82. The number of anilines is 1. The minimum absolute atomic E-state index is 0.0796. The van der Waals surface area contributed by atoms with Gasteiger partial charge in [-0.25, -0.2) is 4.79 Å². The Kier molecular flexibility index (Phi) is 5.73. The van der Waals surface area contributed by atoms with Gasteiger partial charge in [0.05, 0.1) is 11.9 Å². The minimum atomic E-state index is -0.490. The fourth-order valence-corrected chi connectivity index (χ4v) is 2.67. The van der Waals surface area contributed by atoms with E-state index in [0.29, 0.717) is 26.1 Å². The second-order valence-corrected chi connectivity index (χ2v) is 5.82. The second-order valence-electron chi connectivity index (χ2n) is 5.82. The Bertz CT molecular complexity index is 573. The van der Waals surface area contributed by atoms with Crippen molar-refractivity contribution in [3.05, 3.63) is 36.7 Å². The zero-order chi connectivity index (χ0) is 16.8. The predicted octanol–water partition coefficient (Wildman–Crippen LogP) is 2.18. The first-order chi connectivity index (χ1) is 11.0. The van der Waals surface area contributed by atoms with E-state index in [0.717, 1.165) is 17.7 Å². The highest BCUT2D eigenvalue weighted by atomic mass is 16.2. The summed E-state index contributed by atoms with van der Waals surface area (Å²) in [7, 11) is 0. The standard InChI is InChI=1S/C17H24N4O2/c1-4-20(12-13(2)3)17(23)19-15-8-6-10-21(16(15)22)14-7-5-9-18-11-14/h5,7,9,11,15H,2,4,6,8,10,12H2,1,3H3,(H,19,23)/t15-/m0/s1. The van der Waals surface area contributed by atoms with Crippen LogP contribution in [0.3, 0.4) is 0 Å². The van der Waals surface area contributed by atoms with E-state index in [1.165, 1.54) is 0 Å². The van der Waals surface area contributed by atoms with Gasteiger partial charge < -0.3 is 15.1 Å². The SMILES string of the molecule is C=C(C)CN(CC)C(=O)N[C@H]1CCCN(c2cccnc2)C1=O. The molecule has 0 aliphatic carbocycles. The van der Waals surface area contributed by atoms with Crippen LogP contribution in [0, 0.1) is 0 Å². The summed E-state index contributed by atoms with van der Waals surface area (Å²) in [5.74, 6) is -0.0796. The van der Waals surface area contributed by atoms with Crippen molar-refractivity contribution >= 4 is 17.6 Å². The molecule has 0 radical (unpaired) electrons. The van der Waals surface area contributed by atoms with Crippen molar-refractivity contribution < 1.29 is 9.59 Å². The number of amides is 3.